The Balaban J connectivity index is 1.85. The van der Waals surface area contributed by atoms with E-state index in [0.717, 1.165) is 20.5 Å². The predicted molar refractivity (Wildman–Crippen MR) is 94.4 cm³/mol. The Morgan fingerprint density at radius 2 is 1.68 bits per heavy atom. The monoisotopic (exact) mass is 372 g/mol. The van der Waals surface area contributed by atoms with Crippen LogP contribution in [0.3, 0.4) is 0 Å². The predicted octanol–water partition coefficient (Wildman–Crippen LogP) is 2.74. The molecule has 0 unspecified atom stereocenters. The van der Waals surface area contributed by atoms with Crippen LogP contribution in [0.1, 0.15) is 0 Å². The molecule has 2 heterocycles. The summed E-state index contributed by atoms with van der Waals surface area (Å²) in [5.74, 6) is 0. The molecule has 7 nitrogen and oxygen atoms in total. The fourth-order valence-corrected chi connectivity index (χ4v) is 3.21. The van der Waals surface area contributed by atoms with Crippen molar-refractivity contribution in [3.63, 3.8) is 0 Å². The number of rotatable bonds is 3. The quantitative estimate of drug-likeness (QED) is 0.550. The number of halogens is 1. The van der Waals surface area contributed by atoms with Gasteiger partial charge >= 0.3 is 11.4 Å². The van der Waals surface area contributed by atoms with Gasteiger partial charge in [0, 0.05) is 0 Å². The Labute approximate surface area is 149 Å². The minimum absolute atomic E-state index is 0.157. The minimum atomic E-state index is -0.797. The summed E-state index contributed by atoms with van der Waals surface area (Å²) < 4.78 is 7.53. The highest BCUT2D eigenvalue weighted by Gasteiger charge is 2.16. The topological polar surface area (TPSA) is 82.9 Å². The molecule has 0 saturated carbocycles. The molecule has 124 valence electrons. The Kier molecular flexibility index (Phi) is 3.90. The Hall–Kier alpha value is -2.84. The van der Waals surface area contributed by atoms with Crippen molar-refractivity contribution in [3.8, 4) is 5.69 Å². The third-order valence-electron chi connectivity index (χ3n) is 3.37. The van der Waals surface area contributed by atoms with E-state index >= 15 is 0 Å². The lowest BCUT2D eigenvalue weighted by atomic mass is 10.3. The van der Waals surface area contributed by atoms with Gasteiger partial charge in [-0.05, 0) is 35.9 Å². The van der Waals surface area contributed by atoms with Crippen molar-refractivity contribution in [2.24, 2.45) is 0 Å². The zero-order valence-electron chi connectivity index (χ0n) is 12.5. The molecule has 0 aliphatic rings. The first-order valence-corrected chi connectivity index (χ1v) is 8.29. The van der Waals surface area contributed by atoms with Crippen molar-refractivity contribution in [2.45, 2.75) is 5.22 Å². The average molecular weight is 373 g/mol. The molecule has 0 aliphatic carbocycles. The van der Waals surface area contributed by atoms with Gasteiger partial charge in [0.1, 0.15) is 5.52 Å². The number of oxazole rings is 1. The standard InChI is InChI=1S/C16H9ClN4O3S/c17-13-19-14(22)21(16(23)20(13)10-6-2-1-3-7-10)25-15-18-11-8-4-5-9-12(11)24-15/h1-9H. The van der Waals surface area contributed by atoms with Gasteiger partial charge in [0.05, 0.1) is 17.6 Å². The first-order chi connectivity index (χ1) is 12.1. The van der Waals surface area contributed by atoms with Crippen LogP contribution in [0.5, 0.6) is 0 Å². The summed E-state index contributed by atoms with van der Waals surface area (Å²) in [6, 6.07) is 15.8. The molecule has 0 aliphatic heterocycles. The molecule has 9 heteroatoms. The van der Waals surface area contributed by atoms with Crippen LogP contribution in [-0.2, 0) is 0 Å². The summed E-state index contributed by atoms with van der Waals surface area (Å²) in [7, 11) is 0. The molecular formula is C16H9ClN4O3S. The molecule has 0 spiro atoms. The third kappa shape index (κ3) is 2.86. The van der Waals surface area contributed by atoms with E-state index in [9.17, 15) is 9.59 Å². The van der Waals surface area contributed by atoms with Crippen molar-refractivity contribution in [2.75, 3.05) is 0 Å². The number of hydrogen-bond donors (Lipinski definition) is 0. The van der Waals surface area contributed by atoms with E-state index in [-0.39, 0.29) is 10.5 Å². The summed E-state index contributed by atoms with van der Waals surface area (Å²) in [6.45, 7) is 0. The maximum absolute atomic E-state index is 12.7. The van der Waals surface area contributed by atoms with Crippen LogP contribution >= 0.6 is 23.5 Å². The van der Waals surface area contributed by atoms with Crippen molar-refractivity contribution >= 4 is 34.6 Å². The fraction of sp³-hybridized carbons (Fsp3) is 0. The van der Waals surface area contributed by atoms with E-state index in [1.54, 1.807) is 48.5 Å². The average Bonchev–Trinajstić information content (AvgIpc) is 3.02. The molecule has 0 saturated heterocycles. The maximum atomic E-state index is 12.7. The summed E-state index contributed by atoms with van der Waals surface area (Å²) >= 11 is 6.75. The maximum Gasteiger partial charge on any atom is 0.365 e. The normalized spacial score (nSPS) is 11.1. The number of nitrogens with zero attached hydrogens (tertiary/aromatic N) is 4. The number of hydrogen-bond acceptors (Lipinski definition) is 6. The van der Waals surface area contributed by atoms with E-state index < -0.39 is 11.4 Å². The van der Waals surface area contributed by atoms with Crippen LogP contribution in [0.2, 0.25) is 5.28 Å². The van der Waals surface area contributed by atoms with Crippen molar-refractivity contribution in [1.82, 2.24) is 18.5 Å². The second-order valence-corrected chi connectivity index (χ2v) is 6.19. The molecule has 0 bridgehead atoms. The Morgan fingerprint density at radius 1 is 0.960 bits per heavy atom. The molecule has 0 fully saturated rings. The van der Waals surface area contributed by atoms with Gasteiger partial charge in [-0.1, -0.05) is 30.3 Å². The number of fused-ring (bicyclic) bond motifs is 1. The van der Waals surface area contributed by atoms with E-state index in [1.165, 1.54) is 0 Å². The summed E-state index contributed by atoms with van der Waals surface area (Å²) in [5.41, 5.74) is 0.238. The number of benzene rings is 2. The van der Waals surface area contributed by atoms with Crippen LogP contribution < -0.4 is 11.4 Å². The SMILES string of the molecule is O=c1nc(Cl)n(-c2ccccc2)c(=O)n1Sc1nc2ccccc2o1. The largest absolute Gasteiger partial charge is 0.430 e. The second-order valence-electron chi connectivity index (χ2n) is 4.95. The number of aromatic nitrogens is 4. The first kappa shape index (κ1) is 15.7. The molecule has 0 atom stereocenters. The zero-order valence-corrected chi connectivity index (χ0v) is 14.1. The van der Waals surface area contributed by atoms with Gasteiger partial charge < -0.3 is 4.42 Å². The molecule has 0 radical (unpaired) electrons. The molecule has 4 rings (SSSR count). The van der Waals surface area contributed by atoms with E-state index in [4.69, 9.17) is 16.0 Å². The molecule has 4 aromatic rings. The van der Waals surface area contributed by atoms with Gasteiger partial charge in [0.2, 0.25) is 5.28 Å². The molecular weight excluding hydrogens is 364 g/mol. The molecule has 2 aromatic carbocycles. The van der Waals surface area contributed by atoms with Gasteiger partial charge in [-0.2, -0.15) is 8.96 Å². The van der Waals surface area contributed by atoms with Crippen molar-refractivity contribution < 1.29 is 4.42 Å². The van der Waals surface area contributed by atoms with Crippen LogP contribution in [-0.4, -0.2) is 18.5 Å². The van der Waals surface area contributed by atoms with E-state index in [1.807, 2.05) is 6.07 Å². The highest BCUT2D eigenvalue weighted by atomic mass is 35.5. The number of para-hydroxylation sites is 3. The van der Waals surface area contributed by atoms with Crippen molar-refractivity contribution in [3.05, 3.63) is 80.8 Å². The molecule has 25 heavy (non-hydrogen) atoms. The lowest BCUT2D eigenvalue weighted by Gasteiger charge is -2.09. The second kappa shape index (κ2) is 6.23. The van der Waals surface area contributed by atoms with E-state index in [2.05, 4.69) is 9.97 Å². The van der Waals surface area contributed by atoms with Gasteiger partial charge in [0.15, 0.2) is 5.58 Å². The lowest BCUT2D eigenvalue weighted by Crippen LogP contribution is -2.38. The van der Waals surface area contributed by atoms with Gasteiger partial charge in [-0.15, -0.1) is 0 Å². The zero-order chi connectivity index (χ0) is 17.4. The third-order valence-corrected chi connectivity index (χ3v) is 4.45. The van der Waals surface area contributed by atoms with Gasteiger partial charge in [-0.3, -0.25) is 0 Å². The summed E-state index contributed by atoms with van der Waals surface area (Å²) in [5, 5.41) is -0.0558. The highest BCUT2D eigenvalue weighted by molar-refractivity contribution is 7.97. The van der Waals surface area contributed by atoms with Crippen LogP contribution in [0.15, 0.2) is 73.8 Å². The van der Waals surface area contributed by atoms with Crippen LogP contribution in [0, 0.1) is 0 Å². The first-order valence-electron chi connectivity index (χ1n) is 7.14. The summed E-state index contributed by atoms with van der Waals surface area (Å²) in [6.07, 6.45) is 0. The summed E-state index contributed by atoms with van der Waals surface area (Å²) in [4.78, 5) is 32.8. The lowest BCUT2D eigenvalue weighted by molar-refractivity contribution is 0.487. The minimum Gasteiger partial charge on any atom is -0.430 e. The van der Waals surface area contributed by atoms with Gasteiger partial charge in [0.25, 0.3) is 5.22 Å². The Morgan fingerprint density at radius 3 is 2.44 bits per heavy atom. The molecule has 0 N–H and O–H groups in total. The van der Waals surface area contributed by atoms with E-state index in [0.29, 0.717) is 16.8 Å². The van der Waals surface area contributed by atoms with Gasteiger partial charge in [-0.25, -0.2) is 19.1 Å². The Bertz CT molecular complexity index is 1150. The smallest absolute Gasteiger partial charge is 0.365 e. The van der Waals surface area contributed by atoms with Crippen LogP contribution in [0.4, 0.5) is 0 Å². The van der Waals surface area contributed by atoms with Crippen molar-refractivity contribution in [1.29, 1.82) is 0 Å². The fourth-order valence-electron chi connectivity index (χ4n) is 2.27. The molecule has 0 amide bonds. The highest BCUT2D eigenvalue weighted by Crippen LogP contribution is 2.22. The molecule has 2 aromatic heterocycles. The van der Waals surface area contributed by atoms with Crippen LogP contribution in [0.25, 0.3) is 16.8 Å².